The summed E-state index contributed by atoms with van der Waals surface area (Å²) in [4.78, 5) is 0. The van der Waals surface area contributed by atoms with Gasteiger partial charge in [0.25, 0.3) is 0 Å². The molecule has 3 heteroatoms. The predicted octanol–water partition coefficient (Wildman–Crippen LogP) is 2.01. The maximum Gasteiger partial charge on any atom is 0.128 e. The van der Waals surface area contributed by atoms with Crippen molar-refractivity contribution in [2.24, 2.45) is 0 Å². The topological polar surface area (TPSA) is 38.7 Å². The lowest BCUT2D eigenvalue weighted by molar-refractivity contribution is -0.143. The smallest absolute Gasteiger partial charge is 0.128 e. The SMILES string of the molecule is CCOC1CC(O)(c2cccc3c2OCC3)C1. The molecule has 1 aromatic rings. The summed E-state index contributed by atoms with van der Waals surface area (Å²) < 4.78 is 11.2. The molecule has 0 spiro atoms. The van der Waals surface area contributed by atoms with Crippen LogP contribution in [0.4, 0.5) is 0 Å². The van der Waals surface area contributed by atoms with Crippen molar-refractivity contribution in [1.29, 1.82) is 0 Å². The third-order valence-corrected chi connectivity index (χ3v) is 3.75. The Balaban J connectivity index is 1.84. The van der Waals surface area contributed by atoms with Crippen molar-refractivity contribution in [1.82, 2.24) is 0 Å². The number of ether oxygens (including phenoxy) is 2. The van der Waals surface area contributed by atoms with Gasteiger partial charge >= 0.3 is 0 Å². The molecule has 2 aliphatic rings. The minimum Gasteiger partial charge on any atom is -0.493 e. The first-order valence-electron chi connectivity index (χ1n) is 6.32. The van der Waals surface area contributed by atoms with Crippen LogP contribution in [-0.4, -0.2) is 24.4 Å². The summed E-state index contributed by atoms with van der Waals surface area (Å²) in [5.41, 5.74) is 1.43. The number of para-hydroxylation sites is 1. The van der Waals surface area contributed by atoms with Crippen molar-refractivity contribution in [3.63, 3.8) is 0 Å². The average Bonchev–Trinajstić information content (AvgIpc) is 2.74. The Labute approximate surface area is 101 Å². The Morgan fingerprint density at radius 3 is 3.06 bits per heavy atom. The average molecular weight is 234 g/mol. The van der Waals surface area contributed by atoms with Crippen LogP contribution in [0.15, 0.2) is 18.2 Å². The molecule has 0 radical (unpaired) electrons. The summed E-state index contributed by atoms with van der Waals surface area (Å²) in [6.45, 7) is 3.43. The van der Waals surface area contributed by atoms with Crippen LogP contribution in [0.25, 0.3) is 0 Å². The molecule has 1 heterocycles. The molecule has 1 aliphatic heterocycles. The fourth-order valence-corrected chi connectivity index (χ4v) is 2.85. The van der Waals surface area contributed by atoms with Crippen LogP contribution in [0.3, 0.4) is 0 Å². The molecule has 1 aromatic carbocycles. The van der Waals surface area contributed by atoms with E-state index in [9.17, 15) is 5.11 Å². The zero-order valence-corrected chi connectivity index (χ0v) is 10.1. The van der Waals surface area contributed by atoms with E-state index in [0.29, 0.717) is 19.4 Å². The molecule has 0 unspecified atom stereocenters. The summed E-state index contributed by atoms with van der Waals surface area (Å²) in [6.07, 6.45) is 2.51. The van der Waals surface area contributed by atoms with Crippen LogP contribution in [0.5, 0.6) is 5.75 Å². The van der Waals surface area contributed by atoms with Gasteiger partial charge in [0.1, 0.15) is 5.75 Å². The zero-order valence-electron chi connectivity index (χ0n) is 10.1. The molecule has 92 valence electrons. The monoisotopic (exact) mass is 234 g/mol. The number of rotatable bonds is 3. The van der Waals surface area contributed by atoms with Crippen molar-refractivity contribution in [2.75, 3.05) is 13.2 Å². The molecule has 1 aliphatic carbocycles. The first kappa shape index (κ1) is 11.1. The lowest BCUT2D eigenvalue weighted by Crippen LogP contribution is -2.46. The van der Waals surface area contributed by atoms with E-state index in [4.69, 9.17) is 9.47 Å². The summed E-state index contributed by atoms with van der Waals surface area (Å²) in [5.74, 6) is 0.907. The third kappa shape index (κ3) is 1.74. The molecule has 0 aromatic heterocycles. The van der Waals surface area contributed by atoms with Crippen LogP contribution in [0.2, 0.25) is 0 Å². The number of fused-ring (bicyclic) bond motifs is 1. The predicted molar refractivity (Wildman–Crippen MR) is 64.2 cm³/mol. The van der Waals surface area contributed by atoms with E-state index in [-0.39, 0.29) is 6.10 Å². The van der Waals surface area contributed by atoms with Gasteiger partial charge in [-0.25, -0.2) is 0 Å². The lowest BCUT2D eigenvalue weighted by atomic mass is 9.72. The molecule has 3 rings (SSSR count). The summed E-state index contributed by atoms with van der Waals surface area (Å²) in [6, 6.07) is 6.06. The molecule has 1 saturated carbocycles. The Bertz CT molecular complexity index is 421. The maximum atomic E-state index is 10.6. The second-order valence-electron chi connectivity index (χ2n) is 4.91. The molecule has 0 saturated heterocycles. The Hall–Kier alpha value is -1.06. The highest BCUT2D eigenvalue weighted by molar-refractivity contribution is 5.48. The van der Waals surface area contributed by atoms with Crippen molar-refractivity contribution >= 4 is 0 Å². The normalized spacial score (nSPS) is 30.6. The molecule has 0 bridgehead atoms. The van der Waals surface area contributed by atoms with Gasteiger partial charge in [-0.2, -0.15) is 0 Å². The van der Waals surface area contributed by atoms with Crippen molar-refractivity contribution < 1.29 is 14.6 Å². The van der Waals surface area contributed by atoms with E-state index in [1.807, 2.05) is 19.1 Å². The molecule has 1 fully saturated rings. The second-order valence-corrected chi connectivity index (χ2v) is 4.91. The second kappa shape index (κ2) is 4.00. The Kier molecular flexibility index (Phi) is 2.60. The summed E-state index contributed by atoms with van der Waals surface area (Å²) in [7, 11) is 0. The maximum absolute atomic E-state index is 10.6. The molecule has 3 nitrogen and oxygen atoms in total. The fraction of sp³-hybridized carbons (Fsp3) is 0.571. The quantitative estimate of drug-likeness (QED) is 0.869. The van der Waals surface area contributed by atoms with Gasteiger partial charge in [-0.3, -0.25) is 0 Å². The van der Waals surface area contributed by atoms with Gasteiger partial charge in [0.05, 0.1) is 18.3 Å². The molecular formula is C14H18O3. The van der Waals surface area contributed by atoms with Crippen LogP contribution < -0.4 is 4.74 Å². The largest absolute Gasteiger partial charge is 0.493 e. The van der Waals surface area contributed by atoms with E-state index in [2.05, 4.69) is 6.07 Å². The molecule has 1 N–H and O–H groups in total. The minimum atomic E-state index is -0.741. The Morgan fingerprint density at radius 2 is 2.29 bits per heavy atom. The minimum absolute atomic E-state index is 0.197. The molecule has 0 atom stereocenters. The number of aliphatic hydroxyl groups is 1. The van der Waals surface area contributed by atoms with Crippen molar-refractivity contribution in [2.45, 2.75) is 37.9 Å². The van der Waals surface area contributed by atoms with Crippen LogP contribution >= 0.6 is 0 Å². The standard InChI is InChI=1S/C14H18O3/c1-2-16-11-8-14(15,9-11)12-5-3-4-10-6-7-17-13(10)12/h3-5,11,15H,2,6-9H2,1H3. The highest BCUT2D eigenvalue weighted by Gasteiger charge is 2.46. The number of hydrogen-bond donors (Lipinski definition) is 1. The van der Waals surface area contributed by atoms with E-state index < -0.39 is 5.60 Å². The first-order valence-corrected chi connectivity index (χ1v) is 6.32. The molecule has 17 heavy (non-hydrogen) atoms. The van der Waals surface area contributed by atoms with Crippen LogP contribution in [0.1, 0.15) is 30.9 Å². The van der Waals surface area contributed by atoms with Gasteiger partial charge in [0.15, 0.2) is 0 Å². The first-order chi connectivity index (χ1) is 8.23. The van der Waals surface area contributed by atoms with E-state index in [1.165, 1.54) is 5.56 Å². The molecule has 0 amide bonds. The highest BCUT2D eigenvalue weighted by Crippen LogP contribution is 2.48. The van der Waals surface area contributed by atoms with Crippen LogP contribution in [-0.2, 0) is 16.8 Å². The highest BCUT2D eigenvalue weighted by atomic mass is 16.5. The summed E-state index contributed by atoms with van der Waals surface area (Å²) >= 11 is 0. The third-order valence-electron chi connectivity index (χ3n) is 3.75. The van der Waals surface area contributed by atoms with E-state index >= 15 is 0 Å². The van der Waals surface area contributed by atoms with E-state index in [0.717, 1.165) is 24.3 Å². The molecular weight excluding hydrogens is 216 g/mol. The van der Waals surface area contributed by atoms with Gasteiger partial charge in [-0.1, -0.05) is 18.2 Å². The Morgan fingerprint density at radius 1 is 1.47 bits per heavy atom. The van der Waals surface area contributed by atoms with Crippen LogP contribution in [0, 0.1) is 0 Å². The number of benzene rings is 1. The van der Waals surface area contributed by atoms with Crippen molar-refractivity contribution in [3.8, 4) is 5.75 Å². The lowest BCUT2D eigenvalue weighted by Gasteiger charge is -2.43. The van der Waals surface area contributed by atoms with Gasteiger partial charge in [-0.15, -0.1) is 0 Å². The zero-order chi connectivity index (χ0) is 11.9. The van der Waals surface area contributed by atoms with Gasteiger partial charge in [-0.05, 0) is 12.5 Å². The van der Waals surface area contributed by atoms with Crippen molar-refractivity contribution in [3.05, 3.63) is 29.3 Å². The van der Waals surface area contributed by atoms with Gasteiger partial charge in [0, 0.05) is 31.4 Å². The number of hydrogen-bond acceptors (Lipinski definition) is 3. The van der Waals surface area contributed by atoms with Gasteiger partial charge < -0.3 is 14.6 Å². The van der Waals surface area contributed by atoms with E-state index in [1.54, 1.807) is 0 Å². The van der Waals surface area contributed by atoms with Gasteiger partial charge in [0.2, 0.25) is 0 Å². The summed E-state index contributed by atoms with van der Waals surface area (Å²) in [5, 5.41) is 10.6. The fourth-order valence-electron chi connectivity index (χ4n) is 2.85.